The maximum atomic E-state index is 12.5. The zero-order valence-corrected chi connectivity index (χ0v) is 22.8. The van der Waals surface area contributed by atoms with Gasteiger partial charge in [0, 0.05) is 30.7 Å². The first kappa shape index (κ1) is 27.3. The number of nitrogen functional groups attached to an aromatic ring is 1. The van der Waals surface area contributed by atoms with E-state index in [2.05, 4.69) is 51.3 Å². The third kappa shape index (κ3) is 5.83. The van der Waals surface area contributed by atoms with E-state index in [9.17, 15) is 15.0 Å². The summed E-state index contributed by atoms with van der Waals surface area (Å²) in [6.45, 7) is 8.14. The van der Waals surface area contributed by atoms with Crippen molar-refractivity contribution >= 4 is 28.7 Å². The molecule has 2 amide bonds. The van der Waals surface area contributed by atoms with Gasteiger partial charge in [-0.2, -0.15) is 0 Å². The lowest BCUT2D eigenvalue weighted by Gasteiger charge is -2.27. The number of aliphatic hydroxyl groups is 2. The Morgan fingerprint density at radius 1 is 1.18 bits per heavy atom. The quantitative estimate of drug-likeness (QED) is 0.288. The Balaban J connectivity index is 1.13. The molecule has 6 N–H and O–H groups in total. The molecular formula is C27H38N8O4. The third-order valence-corrected chi connectivity index (χ3v) is 7.69. The summed E-state index contributed by atoms with van der Waals surface area (Å²) in [5.41, 5.74) is 8.71. The van der Waals surface area contributed by atoms with Crippen molar-refractivity contribution in [2.24, 2.45) is 5.41 Å². The first-order valence-corrected chi connectivity index (χ1v) is 13.2. The second-order valence-corrected chi connectivity index (χ2v) is 12.0. The lowest BCUT2D eigenvalue weighted by atomic mass is 9.87. The molecule has 210 valence electrons. The molecule has 12 heteroatoms. The lowest BCUT2D eigenvalue weighted by molar-refractivity contribution is -0.0432. The van der Waals surface area contributed by atoms with Crippen molar-refractivity contribution in [3.8, 4) is 0 Å². The molecule has 3 heterocycles. The second kappa shape index (κ2) is 10.3. The summed E-state index contributed by atoms with van der Waals surface area (Å²) in [6, 6.07) is 7.68. The molecule has 4 atom stereocenters. The summed E-state index contributed by atoms with van der Waals surface area (Å²) in [7, 11) is 1.95. The minimum atomic E-state index is -1.16. The SMILES string of the molecule is CN(C[C@H]1O[C@@H](n2cnc3c(N)ncnc32)[C@H](O)[C@@H]1O)CC1(CNC(=O)Nc2ccc(C(C)(C)C)cc2)CC1. The van der Waals surface area contributed by atoms with Crippen LogP contribution in [0.1, 0.15) is 45.4 Å². The van der Waals surface area contributed by atoms with Crippen LogP contribution in [0.15, 0.2) is 36.9 Å². The van der Waals surface area contributed by atoms with Crippen LogP contribution in [0, 0.1) is 5.41 Å². The van der Waals surface area contributed by atoms with Gasteiger partial charge in [-0.15, -0.1) is 0 Å². The smallest absolute Gasteiger partial charge is 0.319 e. The number of carbonyl (C=O) groups excluding carboxylic acids is 1. The predicted octanol–water partition coefficient (Wildman–Crippen LogP) is 1.86. The molecular weight excluding hydrogens is 500 g/mol. The second-order valence-electron chi connectivity index (χ2n) is 12.0. The Bertz CT molecular complexity index is 1320. The van der Waals surface area contributed by atoms with Crippen LogP contribution in [-0.4, -0.2) is 85.7 Å². The minimum absolute atomic E-state index is 0.0290. The number of carbonyl (C=O) groups is 1. The monoisotopic (exact) mass is 538 g/mol. The van der Waals surface area contributed by atoms with E-state index in [0.29, 0.717) is 24.3 Å². The first-order chi connectivity index (χ1) is 18.5. The Labute approximate surface area is 227 Å². The molecule has 2 aromatic heterocycles. The van der Waals surface area contributed by atoms with Gasteiger partial charge in [0.25, 0.3) is 0 Å². The largest absolute Gasteiger partial charge is 0.387 e. The maximum Gasteiger partial charge on any atom is 0.319 e. The molecule has 1 saturated heterocycles. The predicted molar refractivity (Wildman–Crippen MR) is 147 cm³/mol. The van der Waals surface area contributed by atoms with Gasteiger partial charge in [-0.25, -0.2) is 19.7 Å². The van der Waals surface area contributed by atoms with Crippen molar-refractivity contribution in [1.29, 1.82) is 0 Å². The van der Waals surface area contributed by atoms with Crippen LogP contribution in [0.5, 0.6) is 0 Å². The van der Waals surface area contributed by atoms with Crippen molar-refractivity contribution in [3.63, 3.8) is 0 Å². The van der Waals surface area contributed by atoms with Gasteiger partial charge in [0.1, 0.15) is 30.2 Å². The van der Waals surface area contributed by atoms with Crippen LogP contribution in [0.3, 0.4) is 0 Å². The van der Waals surface area contributed by atoms with Crippen molar-refractivity contribution in [3.05, 3.63) is 42.5 Å². The fourth-order valence-electron chi connectivity index (χ4n) is 5.17. The van der Waals surface area contributed by atoms with E-state index in [1.807, 2.05) is 31.3 Å². The summed E-state index contributed by atoms with van der Waals surface area (Å²) in [5.74, 6) is 0.235. The lowest BCUT2D eigenvalue weighted by Crippen LogP contribution is -2.43. The van der Waals surface area contributed by atoms with Crippen LogP contribution in [0.25, 0.3) is 11.2 Å². The fraction of sp³-hybridized carbons (Fsp3) is 0.556. The molecule has 12 nitrogen and oxygen atoms in total. The Hall–Kier alpha value is -3.32. The number of imidazole rings is 1. The number of hydrogen-bond acceptors (Lipinski definition) is 9. The molecule has 2 aliphatic rings. The van der Waals surface area contributed by atoms with Crippen molar-refractivity contribution in [2.45, 2.75) is 63.6 Å². The Morgan fingerprint density at radius 2 is 1.90 bits per heavy atom. The van der Waals surface area contributed by atoms with E-state index < -0.39 is 24.5 Å². The zero-order chi connectivity index (χ0) is 27.9. The van der Waals surface area contributed by atoms with Crippen molar-refractivity contribution < 1.29 is 19.7 Å². The number of nitrogens with one attached hydrogen (secondary N) is 2. The average Bonchev–Trinajstić information content (AvgIpc) is 3.41. The van der Waals surface area contributed by atoms with Gasteiger partial charge in [-0.3, -0.25) is 4.57 Å². The molecule has 1 saturated carbocycles. The highest BCUT2D eigenvalue weighted by Gasteiger charge is 2.47. The highest BCUT2D eigenvalue weighted by Crippen LogP contribution is 2.45. The van der Waals surface area contributed by atoms with E-state index in [4.69, 9.17) is 10.5 Å². The number of anilines is 2. The van der Waals surface area contributed by atoms with Gasteiger partial charge < -0.3 is 36.2 Å². The van der Waals surface area contributed by atoms with E-state index in [-0.39, 0.29) is 22.7 Å². The molecule has 0 unspecified atom stereocenters. The summed E-state index contributed by atoms with van der Waals surface area (Å²) in [6.07, 6.45) is 1.10. The molecule has 2 fully saturated rings. The van der Waals surface area contributed by atoms with Crippen LogP contribution in [0.4, 0.5) is 16.3 Å². The van der Waals surface area contributed by atoms with Gasteiger partial charge >= 0.3 is 6.03 Å². The molecule has 1 aliphatic carbocycles. The first-order valence-electron chi connectivity index (χ1n) is 13.2. The topological polar surface area (TPSA) is 164 Å². The normalized spacial score (nSPS) is 24.3. The molecule has 0 radical (unpaired) electrons. The number of benzene rings is 1. The number of likely N-dealkylation sites (N-methyl/N-ethyl adjacent to an activating group) is 1. The van der Waals surface area contributed by atoms with Gasteiger partial charge in [-0.05, 0) is 43.0 Å². The number of fused-ring (bicyclic) bond motifs is 1. The number of nitrogens with two attached hydrogens (primary N) is 1. The van der Waals surface area contributed by atoms with E-state index in [1.165, 1.54) is 18.2 Å². The number of amides is 2. The molecule has 1 aromatic carbocycles. The molecule has 0 spiro atoms. The number of rotatable bonds is 8. The molecule has 1 aliphatic heterocycles. The van der Waals surface area contributed by atoms with Crippen molar-refractivity contribution in [2.75, 3.05) is 37.7 Å². The summed E-state index contributed by atoms with van der Waals surface area (Å²) < 4.78 is 7.65. The highest BCUT2D eigenvalue weighted by atomic mass is 16.6. The minimum Gasteiger partial charge on any atom is -0.387 e. The van der Waals surface area contributed by atoms with Crippen molar-refractivity contribution in [1.82, 2.24) is 29.7 Å². The van der Waals surface area contributed by atoms with E-state index >= 15 is 0 Å². The number of hydrogen-bond donors (Lipinski definition) is 5. The third-order valence-electron chi connectivity index (χ3n) is 7.69. The standard InChI is InChI=1S/C27H38N8O4/c1-26(2,3)16-5-7-17(8-6-16)33-25(38)29-12-27(9-10-27)13-34(4)11-18-20(36)21(37)24(39-18)35-15-32-19-22(28)30-14-31-23(19)35/h5-8,14-15,18,20-21,24,36-37H,9-13H2,1-4H3,(H2,28,30,31)(H2,29,33,38)/t18-,20-,21-,24-/m1/s1. The Morgan fingerprint density at radius 3 is 2.56 bits per heavy atom. The number of ether oxygens (including phenoxy) is 1. The summed E-state index contributed by atoms with van der Waals surface area (Å²) in [4.78, 5) is 27.0. The number of nitrogens with zero attached hydrogens (tertiary/aromatic N) is 5. The molecule has 3 aromatic rings. The average molecular weight is 539 g/mol. The summed E-state index contributed by atoms with van der Waals surface area (Å²) in [5, 5.41) is 27.4. The van der Waals surface area contributed by atoms with Gasteiger partial charge in [0.15, 0.2) is 17.7 Å². The molecule has 0 bridgehead atoms. The van der Waals surface area contributed by atoms with E-state index in [1.54, 1.807) is 4.57 Å². The Kier molecular flexibility index (Phi) is 7.23. The number of aliphatic hydroxyl groups excluding tert-OH is 2. The maximum absolute atomic E-state index is 12.5. The highest BCUT2D eigenvalue weighted by molar-refractivity contribution is 5.89. The van der Waals surface area contributed by atoms with Gasteiger partial charge in [0.05, 0.1) is 6.33 Å². The zero-order valence-electron chi connectivity index (χ0n) is 22.8. The number of aromatic nitrogens is 4. The van der Waals surface area contributed by atoms with Crippen LogP contribution in [0.2, 0.25) is 0 Å². The molecule has 5 rings (SSSR count). The molecule has 39 heavy (non-hydrogen) atoms. The van der Waals surface area contributed by atoms with Gasteiger partial charge in [0.2, 0.25) is 0 Å². The van der Waals surface area contributed by atoms with Crippen LogP contribution < -0.4 is 16.4 Å². The van der Waals surface area contributed by atoms with Crippen LogP contribution in [-0.2, 0) is 10.2 Å². The van der Waals surface area contributed by atoms with E-state index in [0.717, 1.165) is 25.1 Å². The fourth-order valence-corrected chi connectivity index (χ4v) is 5.17. The van der Waals surface area contributed by atoms with Crippen LogP contribution >= 0.6 is 0 Å². The number of urea groups is 1. The van der Waals surface area contributed by atoms with Gasteiger partial charge in [-0.1, -0.05) is 32.9 Å². The summed E-state index contributed by atoms with van der Waals surface area (Å²) >= 11 is 0.